The lowest BCUT2D eigenvalue weighted by atomic mass is 9.84. The lowest BCUT2D eigenvalue weighted by Crippen LogP contribution is -2.48. The first-order valence-corrected chi connectivity index (χ1v) is 11.1. The maximum Gasteiger partial charge on any atom is 0.224 e. The minimum atomic E-state index is 0.0775. The fourth-order valence-corrected chi connectivity index (χ4v) is 4.10. The molecule has 0 aliphatic carbocycles. The minimum absolute atomic E-state index is 0.0775. The van der Waals surface area contributed by atoms with Gasteiger partial charge < -0.3 is 15.1 Å². The summed E-state index contributed by atoms with van der Waals surface area (Å²) in [5.41, 5.74) is 2.23. The maximum absolute atomic E-state index is 12.3. The number of benzene rings is 1. The summed E-state index contributed by atoms with van der Waals surface area (Å²) in [5, 5.41) is 3.02. The summed E-state index contributed by atoms with van der Waals surface area (Å²) >= 11 is 0. The number of nitrogens with one attached hydrogen (secondary N) is 1. The molecule has 0 radical (unpaired) electrons. The van der Waals surface area contributed by atoms with E-state index < -0.39 is 0 Å². The Balaban J connectivity index is 1.80. The normalized spacial score (nSPS) is 15.9. The second kappa shape index (κ2) is 10.7. The van der Waals surface area contributed by atoms with Crippen LogP contribution in [0.2, 0.25) is 0 Å². The Morgan fingerprint density at radius 2 is 1.69 bits per heavy atom. The van der Waals surface area contributed by atoms with Gasteiger partial charge in [-0.3, -0.25) is 9.59 Å². The molecule has 0 bridgehead atoms. The van der Waals surface area contributed by atoms with Gasteiger partial charge in [-0.05, 0) is 48.4 Å². The Bertz CT molecular complexity index is 656. The molecule has 1 aromatic rings. The molecule has 5 nitrogen and oxygen atoms in total. The van der Waals surface area contributed by atoms with Gasteiger partial charge in [0.1, 0.15) is 0 Å². The number of hydrogen-bond donors (Lipinski definition) is 1. The second-order valence-corrected chi connectivity index (χ2v) is 9.64. The largest absolute Gasteiger partial charge is 0.368 e. The highest BCUT2D eigenvalue weighted by atomic mass is 16.2. The van der Waals surface area contributed by atoms with E-state index in [2.05, 4.69) is 57.0 Å². The van der Waals surface area contributed by atoms with E-state index >= 15 is 0 Å². The van der Waals surface area contributed by atoms with E-state index in [0.717, 1.165) is 56.8 Å². The topological polar surface area (TPSA) is 52.7 Å². The van der Waals surface area contributed by atoms with Gasteiger partial charge in [0, 0.05) is 50.4 Å². The zero-order valence-corrected chi connectivity index (χ0v) is 19.0. The predicted octanol–water partition coefficient (Wildman–Crippen LogP) is 4.93. The molecule has 0 spiro atoms. The van der Waals surface area contributed by atoms with Crippen LogP contribution >= 0.6 is 0 Å². The molecule has 2 amide bonds. The predicted molar refractivity (Wildman–Crippen MR) is 121 cm³/mol. The molecule has 1 heterocycles. The SMILES string of the molecule is CCCCC(=O)N1CCN(c2ccc(NC(=O)CC(C)CC(C)(C)C)cc2)CC1. The van der Waals surface area contributed by atoms with Crippen molar-refractivity contribution in [3.05, 3.63) is 24.3 Å². The Morgan fingerprint density at radius 1 is 1.07 bits per heavy atom. The van der Waals surface area contributed by atoms with Crippen LogP contribution in [0.5, 0.6) is 0 Å². The van der Waals surface area contributed by atoms with Crippen molar-refractivity contribution in [2.45, 2.75) is 66.7 Å². The summed E-state index contributed by atoms with van der Waals surface area (Å²) in [6.45, 7) is 14.2. The van der Waals surface area contributed by atoms with Crippen molar-refractivity contribution in [1.82, 2.24) is 4.90 Å². The molecule has 1 fully saturated rings. The lowest BCUT2D eigenvalue weighted by Gasteiger charge is -2.36. The summed E-state index contributed by atoms with van der Waals surface area (Å²) < 4.78 is 0. The summed E-state index contributed by atoms with van der Waals surface area (Å²) in [6, 6.07) is 8.06. The van der Waals surface area contributed by atoms with Gasteiger partial charge in [0.25, 0.3) is 0 Å². The monoisotopic (exact) mass is 401 g/mol. The van der Waals surface area contributed by atoms with E-state index in [1.807, 2.05) is 17.0 Å². The van der Waals surface area contributed by atoms with Crippen LogP contribution in [0.25, 0.3) is 0 Å². The Kier molecular flexibility index (Phi) is 8.54. The third kappa shape index (κ3) is 8.08. The molecule has 5 heteroatoms. The van der Waals surface area contributed by atoms with Gasteiger partial charge in [-0.25, -0.2) is 0 Å². The van der Waals surface area contributed by atoms with E-state index in [9.17, 15) is 9.59 Å². The highest BCUT2D eigenvalue weighted by Gasteiger charge is 2.21. The third-order valence-electron chi connectivity index (χ3n) is 5.39. The van der Waals surface area contributed by atoms with Gasteiger partial charge in [-0.15, -0.1) is 0 Å². The number of hydrogen-bond acceptors (Lipinski definition) is 3. The van der Waals surface area contributed by atoms with Crippen LogP contribution in [0, 0.1) is 11.3 Å². The molecular weight excluding hydrogens is 362 g/mol. The standard InChI is InChI=1S/C24H39N3O2/c1-6-7-8-23(29)27-15-13-26(14-16-27)21-11-9-20(10-12-21)25-22(28)17-19(2)18-24(3,4)5/h9-12,19H,6-8,13-18H2,1-5H3,(H,25,28). The van der Waals surface area contributed by atoms with Crippen molar-refractivity contribution in [3.8, 4) is 0 Å². The summed E-state index contributed by atoms with van der Waals surface area (Å²) in [7, 11) is 0. The average molecular weight is 402 g/mol. The van der Waals surface area contributed by atoms with Crippen LogP contribution in [0.4, 0.5) is 11.4 Å². The number of anilines is 2. The van der Waals surface area contributed by atoms with Crippen LogP contribution in [0.15, 0.2) is 24.3 Å². The van der Waals surface area contributed by atoms with Crippen molar-refractivity contribution in [2.75, 3.05) is 36.4 Å². The molecule has 1 aliphatic heterocycles. The quantitative estimate of drug-likeness (QED) is 0.672. The number of rotatable bonds is 8. The molecule has 2 rings (SSSR count). The molecule has 1 aliphatic rings. The summed E-state index contributed by atoms with van der Waals surface area (Å²) in [6.07, 6.45) is 4.28. The van der Waals surface area contributed by atoms with Crippen LogP contribution < -0.4 is 10.2 Å². The molecule has 1 saturated heterocycles. The average Bonchev–Trinajstić information content (AvgIpc) is 2.65. The number of piperazine rings is 1. The van der Waals surface area contributed by atoms with Crippen molar-refractivity contribution in [3.63, 3.8) is 0 Å². The van der Waals surface area contributed by atoms with E-state index in [0.29, 0.717) is 18.8 Å². The number of nitrogens with zero attached hydrogens (tertiary/aromatic N) is 2. The molecule has 0 saturated carbocycles. The number of amides is 2. The number of carbonyl (C=O) groups excluding carboxylic acids is 2. The summed E-state index contributed by atoms with van der Waals surface area (Å²) in [5.74, 6) is 0.726. The Hall–Kier alpha value is -2.04. The van der Waals surface area contributed by atoms with Crippen LogP contribution in [0.3, 0.4) is 0 Å². The zero-order valence-electron chi connectivity index (χ0n) is 19.0. The highest BCUT2D eigenvalue weighted by molar-refractivity contribution is 5.91. The van der Waals surface area contributed by atoms with Crippen molar-refractivity contribution < 1.29 is 9.59 Å². The maximum atomic E-state index is 12.3. The van der Waals surface area contributed by atoms with Gasteiger partial charge in [0.15, 0.2) is 0 Å². The van der Waals surface area contributed by atoms with Gasteiger partial charge in [-0.1, -0.05) is 41.0 Å². The molecule has 1 aromatic carbocycles. The number of carbonyl (C=O) groups is 2. The zero-order chi connectivity index (χ0) is 21.4. The molecule has 1 unspecified atom stereocenters. The molecule has 29 heavy (non-hydrogen) atoms. The molecule has 1 atom stereocenters. The Labute approximate surface area is 176 Å². The van der Waals surface area contributed by atoms with E-state index in [-0.39, 0.29) is 17.2 Å². The minimum Gasteiger partial charge on any atom is -0.368 e. The first-order chi connectivity index (χ1) is 13.7. The lowest BCUT2D eigenvalue weighted by molar-refractivity contribution is -0.131. The van der Waals surface area contributed by atoms with Crippen LogP contribution in [0.1, 0.15) is 66.7 Å². The van der Waals surface area contributed by atoms with E-state index in [1.165, 1.54) is 0 Å². The van der Waals surface area contributed by atoms with Crippen molar-refractivity contribution in [1.29, 1.82) is 0 Å². The number of unbranched alkanes of at least 4 members (excludes halogenated alkanes) is 1. The highest BCUT2D eigenvalue weighted by Crippen LogP contribution is 2.26. The van der Waals surface area contributed by atoms with Gasteiger partial charge in [-0.2, -0.15) is 0 Å². The van der Waals surface area contributed by atoms with Gasteiger partial charge in [0.2, 0.25) is 11.8 Å². The van der Waals surface area contributed by atoms with Crippen molar-refractivity contribution >= 4 is 23.2 Å². The van der Waals surface area contributed by atoms with Crippen molar-refractivity contribution in [2.24, 2.45) is 11.3 Å². The molecule has 0 aromatic heterocycles. The van der Waals surface area contributed by atoms with Gasteiger partial charge in [0.05, 0.1) is 0 Å². The fraction of sp³-hybridized carbons (Fsp3) is 0.667. The van der Waals surface area contributed by atoms with Crippen LogP contribution in [-0.4, -0.2) is 42.9 Å². The van der Waals surface area contributed by atoms with Gasteiger partial charge >= 0.3 is 0 Å². The molecule has 1 N–H and O–H groups in total. The summed E-state index contributed by atoms with van der Waals surface area (Å²) in [4.78, 5) is 28.8. The Morgan fingerprint density at radius 3 is 2.24 bits per heavy atom. The second-order valence-electron chi connectivity index (χ2n) is 9.64. The first-order valence-electron chi connectivity index (χ1n) is 11.1. The molecular formula is C24H39N3O2. The smallest absolute Gasteiger partial charge is 0.224 e. The first kappa shape index (κ1) is 23.2. The molecule has 162 valence electrons. The fourth-order valence-electron chi connectivity index (χ4n) is 4.10. The van der Waals surface area contributed by atoms with E-state index in [4.69, 9.17) is 0 Å². The van der Waals surface area contributed by atoms with Crippen LogP contribution in [-0.2, 0) is 9.59 Å². The third-order valence-corrected chi connectivity index (χ3v) is 5.39. The van der Waals surface area contributed by atoms with E-state index in [1.54, 1.807) is 0 Å².